The smallest absolute Gasteiger partial charge is 0.315 e. The third-order valence-electron chi connectivity index (χ3n) is 5.35. The quantitative estimate of drug-likeness (QED) is 0.796. The second-order valence-electron chi connectivity index (χ2n) is 7.06. The number of hydrogen-bond acceptors (Lipinski definition) is 2. The van der Waals surface area contributed by atoms with Crippen molar-refractivity contribution in [1.29, 1.82) is 0 Å². The highest BCUT2D eigenvalue weighted by Crippen LogP contribution is 2.35. The lowest BCUT2D eigenvalue weighted by molar-refractivity contribution is 0.117. The number of amides is 2. The predicted molar refractivity (Wildman–Crippen MR) is 91.1 cm³/mol. The standard InChI is InChI=1S/C19H28N2O2/c22-17-12-10-16(11-13-17)20-19(23)21-18(15-8-4-5-9-15)14-6-2-1-3-7-14/h1-3,6-7,15-18,22H,4-5,8-13H2,(H2,20,21,23). The molecule has 0 aliphatic heterocycles. The van der Waals surface area contributed by atoms with Gasteiger partial charge < -0.3 is 15.7 Å². The van der Waals surface area contributed by atoms with Crippen molar-refractivity contribution in [2.24, 2.45) is 5.92 Å². The molecule has 2 saturated carbocycles. The first-order valence-corrected chi connectivity index (χ1v) is 9.02. The molecule has 126 valence electrons. The minimum absolute atomic E-state index is 0.0628. The van der Waals surface area contributed by atoms with Crippen LogP contribution in [0, 0.1) is 5.92 Å². The molecule has 3 rings (SSSR count). The van der Waals surface area contributed by atoms with Crippen molar-refractivity contribution in [2.75, 3.05) is 0 Å². The average molecular weight is 316 g/mol. The fourth-order valence-electron chi connectivity index (χ4n) is 4.01. The maximum absolute atomic E-state index is 12.4. The number of carbonyl (C=O) groups is 1. The Morgan fingerprint density at radius 1 is 1.00 bits per heavy atom. The Morgan fingerprint density at radius 2 is 1.65 bits per heavy atom. The fourth-order valence-corrected chi connectivity index (χ4v) is 4.01. The van der Waals surface area contributed by atoms with Gasteiger partial charge in [0.2, 0.25) is 0 Å². The van der Waals surface area contributed by atoms with E-state index in [2.05, 4.69) is 22.8 Å². The number of nitrogens with one attached hydrogen (secondary N) is 2. The van der Waals surface area contributed by atoms with Crippen molar-refractivity contribution < 1.29 is 9.90 Å². The van der Waals surface area contributed by atoms with Gasteiger partial charge in [0, 0.05) is 6.04 Å². The molecule has 3 N–H and O–H groups in total. The van der Waals surface area contributed by atoms with Gasteiger partial charge in [-0.2, -0.15) is 0 Å². The second kappa shape index (κ2) is 7.82. The van der Waals surface area contributed by atoms with Gasteiger partial charge in [-0.05, 0) is 50.0 Å². The zero-order valence-electron chi connectivity index (χ0n) is 13.7. The summed E-state index contributed by atoms with van der Waals surface area (Å²) in [5.41, 5.74) is 1.20. The van der Waals surface area contributed by atoms with Crippen LogP contribution in [0.1, 0.15) is 63.0 Å². The van der Waals surface area contributed by atoms with Crippen LogP contribution in [0.25, 0.3) is 0 Å². The van der Waals surface area contributed by atoms with Gasteiger partial charge in [0.05, 0.1) is 12.1 Å². The summed E-state index contributed by atoms with van der Waals surface area (Å²) in [4.78, 5) is 12.4. The van der Waals surface area contributed by atoms with Crippen LogP contribution in [0.2, 0.25) is 0 Å². The van der Waals surface area contributed by atoms with Crippen LogP contribution in [0.5, 0.6) is 0 Å². The molecule has 0 spiro atoms. The summed E-state index contributed by atoms with van der Waals surface area (Å²) in [6.07, 6.45) is 8.03. The third kappa shape index (κ3) is 4.47. The van der Waals surface area contributed by atoms with Crippen LogP contribution in [0.3, 0.4) is 0 Å². The molecular formula is C19H28N2O2. The van der Waals surface area contributed by atoms with Crippen LogP contribution >= 0.6 is 0 Å². The number of aliphatic hydroxyl groups excluding tert-OH is 1. The Balaban J connectivity index is 1.60. The molecule has 0 saturated heterocycles. The van der Waals surface area contributed by atoms with Gasteiger partial charge in [-0.25, -0.2) is 4.79 Å². The maximum Gasteiger partial charge on any atom is 0.315 e. The molecule has 0 radical (unpaired) electrons. The zero-order chi connectivity index (χ0) is 16.1. The molecule has 0 heterocycles. The Labute approximate surface area is 138 Å². The topological polar surface area (TPSA) is 61.4 Å². The molecule has 0 aromatic heterocycles. The fraction of sp³-hybridized carbons (Fsp3) is 0.632. The molecule has 1 unspecified atom stereocenters. The van der Waals surface area contributed by atoms with Crippen molar-refractivity contribution in [2.45, 2.75) is 69.6 Å². The Kier molecular flexibility index (Phi) is 5.55. The number of carbonyl (C=O) groups excluding carboxylic acids is 1. The number of benzene rings is 1. The zero-order valence-corrected chi connectivity index (χ0v) is 13.7. The Bertz CT molecular complexity index is 491. The lowest BCUT2D eigenvalue weighted by Crippen LogP contribution is -2.46. The van der Waals surface area contributed by atoms with Crippen LogP contribution in [0.15, 0.2) is 30.3 Å². The highest BCUT2D eigenvalue weighted by Gasteiger charge is 2.28. The lowest BCUT2D eigenvalue weighted by atomic mass is 9.91. The summed E-state index contributed by atoms with van der Waals surface area (Å²) in [5, 5.41) is 15.9. The van der Waals surface area contributed by atoms with E-state index in [1.54, 1.807) is 0 Å². The van der Waals surface area contributed by atoms with Crippen molar-refractivity contribution in [1.82, 2.24) is 10.6 Å². The van der Waals surface area contributed by atoms with Gasteiger partial charge in [0.15, 0.2) is 0 Å². The molecule has 2 amide bonds. The normalized spacial score (nSPS) is 26.7. The van der Waals surface area contributed by atoms with E-state index in [0.29, 0.717) is 5.92 Å². The van der Waals surface area contributed by atoms with Crippen LogP contribution in [-0.4, -0.2) is 23.3 Å². The highest BCUT2D eigenvalue weighted by atomic mass is 16.3. The third-order valence-corrected chi connectivity index (χ3v) is 5.35. The van der Waals surface area contributed by atoms with Crippen molar-refractivity contribution >= 4 is 6.03 Å². The molecule has 2 fully saturated rings. The van der Waals surface area contributed by atoms with Gasteiger partial charge in [-0.1, -0.05) is 43.2 Å². The molecule has 1 aromatic carbocycles. The number of rotatable bonds is 4. The minimum atomic E-state index is -0.188. The van der Waals surface area contributed by atoms with E-state index in [9.17, 15) is 9.90 Å². The van der Waals surface area contributed by atoms with E-state index in [1.807, 2.05) is 18.2 Å². The molecule has 4 heteroatoms. The second-order valence-corrected chi connectivity index (χ2v) is 7.06. The van der Waals surface area contributed by atoms with E-state index in [1.165, 1.54) is 31.2 Å². The number of aliphatic hydroxyl groups is 1. The largest absolute Gasteiger partial charge is 0.393 e. The molecule has 2 aliphatic rings. The molecule has 0 bridgehead atoms. The first-order chi connectivity index (χ1) is 11.2. The van der Waals surface area contributed by atoms with Crippen molar-refractivity contribution in [3.05, 3.63) is 35.9 Å². The molecule has 1 atom stereocenters. The minimum Gasteiger partial charge on any atom is -0.393 e. The first kappa shape index (κ1) is 16.3. The predicted octanol–water partition coefficient (Wildman–Crippen LogP) is 3.52. The van der Waals surface area contributed by atoms with Gasteiger partial charge >= 0.3 is 6.03 Å². The SMILES string of the molecule is O=C(NC1CCC(O)CC1)NC(c1ccccc1)C1CCCC1. The van der Waals surface area contributed by atoms with Crippen LogP contribution in [0.4, 0.5) is 4.79 Å². The van der Waals surface area contributed by atoms with Gasteiger partial charge in [0.1, 0.15) is 0 Å². The van der Waals surface area contributed by atoms with E-state index in [0.717, 1.165) is 25.7 Å². The van der Waals surface area contributed by atoms with E-state index < -0.39 is 0 Å². The van der Waals surface area contributed by atoms with Gasteiger partial charge in [0.25, 0.3) is 0 Å². The summed E-state index contributed by atoms with van der Waals surface area (Å²) in [7, 11) is 0. The van der Waals surface area contributed by atoms with E-state index >= 15 is 0 Å². The van der Waals surface area contributed by atoms with Crippen LogP contribution in [-0.2, 0) is 0 Å². The summed E-state index contributed by atoms with van der Waals surface area (Å²) in [6.45, 7) is 0. The van der Waals surface area contributed by atoms with Crippen molar-refractivity contribution in [3.63, 3.8) is 0 Å². The Morgan fingerprint density at radius 3 is 2.30 bits per heavy atom. The van der Waals surface area contributed by atoms with Gasteiger partial charge in [-0.3, -0.25) is 0 Å². The summed E-state index contributed by atoms with van der Waals surface area (Å²) in [5.74, 6) is 0.538. The first-order valence-electron chi connectivity index (χ1n) is 9.02. The number of urea groups is 1. The molecule has 2 aliphatic carbocycles. The van der Waals surface area contributed by atoms with Crippen molar-refractivity contribution in [3.8, 4) is 0 Å². The summed E-state index contributed by atoms with van der Waals surface area (Å²) >= 11 is 0. The lowest BCUT2D eigenvalue weighted by Gasteiger charge is -2.29. The summed E-state index contributed by atoms with van der Waals surface area (Å²) < 4.78 is 0. The Hall–Kier alpha value is -1.55. The van der Waals surface area contributed by atoms with Crippen LogP contribution < -0.4 is 10.6 Å². The van der Waals surface area contributed by atoms with E-state index in [4.69, 9.17) is 0 Å². The monoisotopic (exact) mass is 316 g/mol. The summed E-state index contributed by atoms with van der Waals surface area (Å²) in [6, 6.07) is 10.6. The van der Waals surface area contributed by atoms with E-state index in [-0.39, 0.29) is 24.2 Å². The molecule has 1 aromatic rings. The number of hydrogen-bond donors (Lipinski definition) is 3. The molecule has 23 heavy (non-hydrogen) atoms. The molecular weight excluding hydrogens is 288 g/mol. The average Bonchev–Trinajstić information content (AvgIpc) is 3.10. The maximum atomic E-state index is 12.4. The molecule has 4 nitrogen and oxygen atoms in total. The van der Waals surface area contributed by atoms with Gasteiger partial charge in [-0.15, -0.1) is 0 Å². The highest BCUT2D eigenvalue weighted by molar-refractivity contribution is 5.74.